The summed E-state index contributed by atoms with van der Waals surface area (Å²) in [6.07, 6.45) is 0. The molecule has 0 aliphatic carbocycles. The summed E-state index contributed by atoms with van der Waals surface area (Å²) in [5.74, 6) is 0.597. The Balaban J connectivity index is 1.82. The average Bonchev–Trinajstić information content (AvgIpc) is 2.79. The average molecular weight is 320 g/mol. The van der Waals surface area contributed by atoms with Crippen LogP contribution in [0.15, 0.2) is 28.8 Å². The molecule has 2 aromatic rings. The Morgan fingerprint density at radius 1 is 1.27 bits per heavy atom. The van der Waals surface area contributed by atoms with Gasteiger partial charge in [-0.25, -0.2) is 4.79 Å². The summed E-state index contributed by atoms with van der Waals surface area (Å²) in [7, 11) is 0. The lowest BCUT2D eigenvalue weighted by Crippen LogP contribution is -2.14. The monoisotopic (exact) mass is 320 g/mol. The molecule has 0 atom stereocenters. The number of nitrogens with one attached hydrogen (secondary N) is 1. The van der Waals surface area contributed by atoms with E-state index in [1.165, 1.54) is 23.9 Å². The number of rotatable bonds is 6. The van der Waals surface area contributed by atoms with Gasteiger partial charge >= 0.3 is 5.97 Å². The van der Waals surface area contributed by atoms with Crippen LogP contribution in [-0.2, 0) is 10.5 Å². The van der Waals surface area contributed by atoms with E-state index >= 15 is 0 Å². The summed E-state index contributed by atoms with van der Waals surface area (Å²) in [6.45, 7) is 3.72. The minimum absolute atomic E-state index is 0.139. The highest BCUT2D eigenvalue weighted by Gasteiger charge is 2.10. The third kappa shape index (κ3) is 4.11. The van der Waals surface area contributed by atoms with Gasteiger partial charge in [0.15, 0.2) is 0 Å². The molecule has 0 saturated carbocycles. The Hall–Kier alpha value is -2.28. The van der Waals surface area contributed by atoms with Crippen molar-refractivity contribution >= 4 is 29.3 Å². The summed E-state index contributed by atoms with van der Waals surface area (Å²) in [5.41, 5.74) is 2.62. The molecule has 0 unspecified atom stereocenters. The Morgan fingerprint density at radius 2 is 1.95 bits per heavy atom. The van der Waals surface area contributed by atoms with Crippen molar-refractivity contribution in [1.82, 2.24) is 5.16 Å². The van der Waals surface area contributed by atoms with Gasteiger partial charge in [0.05, 0.1) is 17.0 Å². The van der Waals surface area contributed by atoms with Gasteiger partial charge in [-0.15, -0.1) is 11.8 Å². The molecule has 1 amide bonds. The zero-order valence-corrected chi connectivity index (χ0v) is 13.1. The molecule has 0 aliphatic rings. The number of aryl methyl sites for hydroxylation is 2. The van der Waals surface area contributed by atoms with E-state index in [9.17, 15) is 9.59 Å². The standard InChI is InChI=1S/C15H16N2O4S/c1-9-13(10(2)21-17-9)7-22-8-14(18)16-12-5-3-11(4-6-12)15(19)20/h3-6H,7-8H2,1-2H3,(H,16,18)(H,19,20). The van der Waals surface area contributed by atoms with Crippen LogP contribution < -0.4 is 5.32 Å². The van der Waals surface area contributed by atoms with Crippen molar-refractivity contribution < 1.29 is 19.2 Å². The first-order valence-electron chi connectivity index (χ1n) is 6.60. The number of carboxylic acid groups (broad SMARTS) is 1. The van der Waals surface area contributed by atoms with Gasteiger partial charge in [0.25, 0.3) is 0 Å². The second-order valence-corrected chi connectivity index (χ2v) is 5.71. The lowest BCUT2D eigenvalue weighted by molar-refractivity contribution is -0.113. The normalized spacial score (nSPS) is 10.5. The first-order valence-corrected chi connectivity index (χ1v) is 7.75. The van der Waals surface area contributed by atoms with E-state index in [1.807, 2.05) is 13.8 Å². The van der Waals surface area contributed by atoms with Crippen LogP contribution in [0.25, 0.3) is 0 Å². The van der Waals surface area contributed by atoms with Crippen LogP contribution in [0, 0.1) is 13.8 Å². The van der Waals surface area contributed by atoms with Gasteiger partial charge < -0.3 is 14.9 Å². The fourth-order valence-corrected chi connectivity index (χ4v) is 2.82. The topological polar surface area (TPSA) is 92.4 Å². The number of hydrogen-bond acceptors (Lipinski definition) is 5. The predicted octanol–water partition coefficient (Wildman–Crippen LogP) is 2.86. The molecule has 0 radical (unpaired) electrons. The van der Waals surface area contributed by atoms with Crippen LogP contribution in [0.4, 0.5) is 5.69 Å². The number of aromatic carboxylic acids is 1. The number of anilines is 1. The summed E-state index contributed by atoms with van der Waals surface area (Å²) in [5, 5.41) is 15.4. The van der Waals surface area contributed by atoms with Gasteiger partial charge in [-0.05, 0) is 38.1 Å². The SMILES string of the molecule is Cc1noc(C)c1CSCC(=O)Nc1ccc(C(=O)O)cc1. The van der Waals surface area contributed by atoms with Crippen LogP contribution in [0.2, 0.25) is 0 Å². The second-order valence-electron chi connectivity index (χ2n) is 4.73. The Labute approximate surface area is 131 Å². The molecule has 7 heteroatoms. The number of nitrogens with zero attached hydrogens (tertiary/aromatic N) is 1. The van der Waals surface area contributed by atoms with Crippen molar-refractivity contribution in [3.8, 4) is 0 Å². The molecule has 0 spiro atoms. The summed E-state index contributed by atoms with van der Waals surface area (Å²) < 4.78 is 5.07. The van der Waals surface area contributed by atoms with Crippen molar-refractivity contribution in [1.29, 1.82) is 0 Å². The van der Waals surface area contributed by atoms with E-state index in [0.29, 0.717) is 17.2 Å². The highest BCUT2D eigenvalue weighted by molar-refractivity contribution is 7.99. The Kier molecular flexibility index (Phi) is 5.21. The number of carbonyl (C=O) groups excluding carboxylic acids is 1. The zero-order chi connectivity index (χ0) is 16.1. The van der Waals surface area contributed by atoms with E-state index in [-0.39, 0.29) is 11.5 Å². The van der Waals surface area contributed by atoms with Crippen molar-refractivity contribution in [3.05, 3.63) is 46.8 Å². The summed E-state index contributed by atoms with van der Waals surface area (Å²) in [6, 6.07) is 6.05. The van der Waals surface area contributed by atoms with E-state index < -0.39 is 5.97 Å². The fraction of sp³-hybridized carbons (Fsp3) is 0.267. The van der Waals surface area contributed by atoms with Gasteiger partial charge in [-0.3, -0.25) is 4.79 Å². The van der Waals surface area contributed by atoms with E-state index in [2.05, 4.69) is 10.5 Å². The summed E-state index contributed by atoms with van der Waals surface area (Å²) >= 11 is 1.47. The number of amides is 1. The molecular formula is C15H16N2O4S. The quantitative estimate of drug-likeness (QED) is 0.850. The fourth-order valence-electron chi connectivity index (χ4n) is 1.85. The molecule has 6 nitrogen and oxygen atoms in total. The van der Waals surface area contributed by atoms with Gasteiger partial charge in [0.2, 0.25) is 5.91 Å². The molecule has 1 aromatic carbocycles. The molecule has 0 bridgehead atoms. The third-order valence-electron chi connectivity index (χ3n) is 3.08. The minimum atomic E-state index is -0.993. The van der Waals surface area contributed by atoms with Crippen LogP contribution in [0.1, 0.15) is 27.4 Å². The molecule has 1 aromatic heterocycles. The molecule has 1 heterocycles. The second kappa shape index (κ2) is 7.13. The van der Waals surface area contributed by atoms with Crippen molar-refractivity contribution in [2.75, 3.05) is 11.1 Å². The number of carboxylic acids is 1. The van der Waals surface area contributed by atoms with Crippen molar-refractivity contribution in [2.45, 2.75) is 19.6 Å². The lowest BCUT2D eigenvalue weighted by atomic mass is 10.2. The van der Waals surface area contributed by atoms with Gasteiger partial charge in [0.1, 0.15) is 5.76 Å². The lowest BCUT2D eigenvalue weighted by Gasteiger charge is -2.05. The van der Waals surface area contributed by atoms with Gasteiger partial charge in [-0.2, -0.15) is 0 Å². The highest BCUT2D eigenvalue weighted by Crippen LogP contribution is 2.19. The molecule has 0 fully saturated rings. The first-order chi connectivity index (χ1) is 10.5. The van der Waals surface area contributed by atoms with E-state index in [0.717, 1.165) is 17.0 Å². The van der Waals surface area contributed by atoms with Crippen LogP contribution in [0.5, 0.6) is 0 Å². The molecule has 22 heavy (non-hydrogen) atoms. The maximum Gasteiger partial charge on any atom is 0.335 e. The predicted molar refractivity (Wildman–Crippen MR) is 84.2 cm³/mol. The number of thioether (sulfide) groups is 1. The largest absolute Gasteiger partial charge is 0.478 e. The molecule has 2 N–H and O–H groups in total. The maximum atomic E-state index is 11.8. The Morgan fingerprint density at radius 3 is 2.50 bits per heavy atom. The smallest absolute Gasteiger partial charge is 0.335 e. The zero-order valence-electron chi connectivity index (χ0n) is 12.3. The van der Waals surface area contributed by atoms with Crippen molar-refractivity contribution in [3.63, 3.8) is 0 Å². The summed E-state index contributed by atoms with van der Waals surface area (Å²) in [4.78, 5) is 22.6. The van der Waals surface area contributed by atoms with Crippen LogP contribution in [-0.4, -0.2) is 27.9 Å². The van der Waals surface area contributed by atoms with Gasteiger partial charge in [0, 0.05) is 17.0 Å². The molecular weight excluding hydrogens is 304 g/mol. The van der Waals surface area contributed by atoms with Crippen LogP contribution in [0.3, 0.4) is 0 Å². The van der Waals surface area contributed by atoms with Crippen LogP contribution >= 0.6 is 11.8 Å². The number of hydrogen-bond donors (Lipinski definition) is 2. The van der Waals surface area contributed by atoms with Crippen molar-refractivity contribution in [2.24, 2.45) is 0 Å². The van der Waals surface area contributed by atoms with E-state index in [4.69, 9.17) is 9.63 Å². The van der Waals surface area contributed by atoms with Gasteiger partial charge in [-0.1, -0.05) is 5.16 Å². The third-order valence-corrected chi connectivity index (χ3v) is 4.04. The number of aromatic nitrogens is 1. The van der Waals surface area contributed by atoms with E-state index in [1.54, 1.807) is 12.1 Å². The number of carbonyl (C=O) groups is 2. The highest BCUT2D eigenvalue weighted by atomic mass is 32.2. The molecule has 0 aliphatic heterocycles. The minimum Gasteiger partial charge on any atom is -0.478 e. The first kappa shape index (κ1) is 16.1. The Bertz CT molecular complexity index is 660. The molecule has 116 valence electrons. The molecule has 2 rings (SSSR count). The number of benzene rings is 1. The molecule has 0 saturated heterocycles. The maximum absolute atomic E-state index is 11.8.